The standard InChI is InChI=1S/C9H10BNO/c1-5-3-6(2)9(12)7(4-11)8(5)10/h3,12H,10H2,1-2H3. The molecule has 0 heterocycles. The van der Waals surface area contributed by atoms with Crippen LogP contribution in [0.25, 0.3) is 0 Å². The lowest BCUT2D eigenvalue weighted by atomic mass is 9.85. The fourth-order valence-electron chi connectivity index (χ4n) is 1.21. The minimum Gasteiger partial charge on any atom is -0.506 e. The zero-order valence-corrected chi connectivity index (χ0v) is 7.47. The monoisotopic (exact) mass is 159 g/mol. The lowest BCUT2D eigenvalue weighted by Crippen LogP contribution is -2.12. The summed E-state index contributed by atoms with van der Waals surface area (Å²) in [6, 6.07) is 3.88. The smallest absolute Gasteiger partial charge is 0.141 e. The van der Waals surface area contributed by atoms with E-state index in [1.807, 2.05) is 26.9 Å². The van der Waals surface area contributed by atoms with Gasteiger partial charge in [-0.25, -0.2) is 0 Å². The van der Waals surface area contributed by atoms with Gasteiger partial charge in [-0.15, -0.1) is 0 Å². The highest BCUT2D eigenvalue weighted by molar-refractivity contribution is 6.35. The van der Waals surface area contributed by atoms with Crippen molar-refractivity contribution >= 4 is 13.3 Å². The molecular formula is C9H10BNO. The quantitative estimate of drug-likeness (QED) is 0.547. The first-order valence-electron chi connectivity index (χ1n) is 3.77. The molecule has 0 saturated heterocycles. The molecule has 0 amide bonds. The summed E-state index contributed by atoms with van der Waals surface area (Å²) >= 11 is 0. The van der Waals surface area contributed by atoms with Gasteiger partial charge in [-0.3, -0.25) is 0 Å². The Bertz CT molecular complexity index is 340. The van der Waals surface area contributed by atoms with Gasteiger partial charge in [0.25, 0.3) is 0 Å². The number of nitrogens with zero attached hydrogens (tertiary/aromatic N) is 1. The van der Waals surface area contributed by atoms with Crippen LogP contribution in [0.3, 0.4) is 0 Å². The van der Waals surface area contributed by atoms with Crippen LogP contribution in [0.4, 0.5) is 0 Å². The Morgan fingerprint density at radius 2 is 2.00 bits per heavy atom. The molecule has 0 atom stereocenters. The summed E-state index contributed by atoms with van der Waals surface area (Å²) in [6.45, 7) is 3.73. The molecule has 0 aliphatic rings. The highest BCUT2D eigenvalue weighted by atomic mass is 16.3. The number of rotatable bonds is 0. The number of nitriles is 1. The van der Waals surface area contributed by atoms with Gasteiger partial charge in [-0.05, 0) is 19.4 Å². The largest absolute Gasteiger partial charge is 0.506 e. The van der Waals surface area contributed by atoms with Crippen molar-refractivity contribution in [3.63, 3.8) is 0 Å². The highest BCUT2D eigenvalue weighted by Gasteiger charge is 2.08. The molecule has 12 heavy (non-hydrogen) atoms. The summed E-state index contributed by atoms with van der Waals surface area (Å²) in [7, 11) is 1.84. The average Bonchev–Trinajstić information content (AvgIpc) is 2.02. The van der Waals surface area contributed by atoms with E-state index >= 15 is 0 Å². The number of aromatic hydroxyl groups is 1. The molecule has 0 aliphatic carbocycles. The van der Waals surface area contributed by atoms with E-state index in [0.717, 1.165) is 16.6 Å². The van der Waals surface area contributed by atoms with Crippen molar-refractivity contribution in [3.05, 3.63) is 22.8 Å². The maximum Gasteiger partial charge on any atom is 0.141 e. The van der Waals surface area contributed by atoms with Gasteiger partial charge in [0.2, 0.25) is 0 Å². The van der Waals surface area contributed by atoms with Crippen LogP contribution in [-0.2, 0) is 0 Å². The molecule has 1 rings (SSSR count). The van der Waals surface area contributed by atoms with Gasteiger partial charge in [0.1, 0.15) is 19.7 Å². The summed E-state index contributed by atoms with van der Waals surface area (Å²) in [6.07, 6.45) is 0. The Kier molecular flexibility index (Phi) is 2.10. The van der Waals surface area contributed by atoms with Gasteiger partial charge in [0.15, 0.2) is 0 Å². The number of benzene rings is 1. The first kappa shape index (κ1) is 8.67. The lowest BCUT2D eigenvalue weighted by Gasteiger charge is -2.07. The molecule has 0 aliphatic heterocycles. The molecule has 0 spiro atoms. The van der Waals surface area contributed by atoms with Gasteiger partial charge < -0.3 is 5.11 Å². The Morgan fingerprint density at radius 1 is 1.42 bits per heavy atom. The highest BCUT2D eigenvalue weighted by Crippen LogP contribution is 2.20. The van der Waals surface area contributed by atoms with Crippen LogP contribution in [-0.4, -0.2) is 13.0 Å². The van der Waals surface area contributed by atoms with Crippen molar-refractivity contribution in [3.8, 4) is 11.8 Å². The minimum absolute atomic E-state index is 0.112. The molecule has 0 radical (unpaired) electrons. The summed E-state index contributed by atoms with van der Waals surface area (Å²) in [5.41, 5.74) is 3.06. The van der Waals surface area contributed by atoms with Crippen LogP contribution in [0.5, 0.6) is 5.75 Å². The van der Waals surface area contributed by atoms with Crippen LogP contribution < -0.4 is 5.46 Å². The first-order valence-corrected chi connectivity index (χ1v) is 3.77. The number of aryl methyl sites for hydroxylation is 2. The summed E-state index contributed by atoms with van der Waals surface area (Å²) in [4.78, 5) is 0. The minimum atomic E-state index is 0.112. The van der Waals surface area contributed by atoms with Crippen LogP contribution in [0.15, 0.2) is 6.07 Å². The van der Waals surface area contributed by atoms with Crippen LogP contribution in [0.1, 0.15) is 16.7 Å². The zero-order valence-electron chi connectivity index (χ0n) is 7.47. The fraction of sp³-hybridized carbons (Fsp3) is 0.222. The Labute approximate surface area is 72.9 Å². The molecule has 0 unspecified atom stereocenters. The van der Waals surface area contributed by atoms with Gasteiger partial charge in [0.05, 0.1) is 5.56 Å². The van der Waals surface area contributed by atoms with E-state index in [9.17, 15) is 5.11 Å². The van der Waals surface area contributed by atoms with E-state index in [-0.39, 0.29) is 5.75 Å². The third-order valence-corrected chi connectivity index (χ3v) is 2.12. The SMILES string of the molecule is Bc1c(C)cc(C)c(O)c1C#N. The lowest BCUT2D eigenvalue weighted by molar-refractivity contribution is 0.470. The first-order chi connectivity index (χ1) is 5.57. The van der Waals surface area contributed by atoms with Gasteiger partial charge in [0, 0.05) is 0 Å². The van der Waals surface area contributed by atoms with E-state index in [4.69, 9.17) is 5.26 Å². The van der Waals surface area contributed by atoms with Gasteiger partial charge in [-0.1, -0.05) is 17.1 Å². The van der Waals surface area contributed by atoms with Crippen LogP contribution in [0, 0.1) is 25.2 Å². The molecule has 0 saturated carbocycles. The third kappa shape index (κ3) is 1.16. The molecular weight excluding hydrogens is 149 g/mol. The van der Waals surface area contributed by atoms with Crippen molar-refractivity contribution in [2.45, 2.75) is 13.8 Å². The summed E-state index contributed by atoms with van der Waals surface area (Å²) < 4.78 is 0. The van der Waals surface area contributed by atoms with Gasteiger partial charge >= 0.3 is 0 Å². The Morgan fingerprint density at radius 3 is 2.50 bits per heavy atom. The molecule has 60 valence electrons. The van der Waals surface area contributed by atoms with E-state index in [0.29, 0.717) is 5.56 Å². The normalized spacial score (nSPS) is 9.42. The van der Waals surface area contributed by atoms with Crippen molar-refractivity contribution < 1.29 is 5.11 Å². The predicted molar refractivity (Wildman–Crippen MR) is 50.5 cm³/mol. The summed E-state index contributed by atoms with van der Waals surface area (Å²) in [5, 5.41) is 18.2. The van der Waals surface area contributed by atoms with Crippen molar-refractivity contribution in [1.82, 2.24) is 0 Å². The van der Waals surface area contributed by atoms with Gasteiger partial charge in [-0.2, -0.15) is 5.26 Å². The molecule has 1 aromatic rings. The third-order valence-electron chi connectivity index (χ3n) is 2.12. The van der Waals surface area contributed by atoms with E-state index in [2.05, 4.69) is 0 Å². The Balaban J connectivity index is 3.56. The van der Waals surface area contributed by atoms with Crippen molar-refractivity contribution in [2.24, 2.45) is 0 Å². The maximum atomic E-state index is 9.48. The molecule has 0 fully saturated rings. The molecule has 1 aromatic carbocycles. The number of phenolic OH excluding ortho intramolecular Hbond substituents is 1. The average molecular weight is 159 g/mol. The second kappa shape index (κ2) is 2.90. The Hall–Kier alpha value is -1.43. The number of hydrogen-bond donors (Lipinski definition) is 1. The topological polar surface area (TPSA) is 44.0 Å². The zero-order chi connectivity index (χ0) is 9.30. The van der Waals surface area contributed by atoms with Crippen molar-refractivity contribution in [2.75, 3.05) is 0 Å². The van der Waals surface area contributed by atoms with Crippen molar-refractivity contribution in [1.29, 1.82) is 5.26 Å². The predicted octanol–water partition coefficient (Wildman–Crippen LogP) is 0.139. The number of phenols is 1. The fourth-order valence-corrected chi connectivity index (χ4v) is 1.21. The second-order valence-corrected chi connectivity index (χ2v) is 2.97. The molecule has 3 heteroatoms. The maximum absolute atomic E-state index is 9.48. The number of hydrogen-bond acceptors (Lipinski definition) is 2. The molecule has 2 nitrogen and oxygen atoms in total. The second-order valence-electron chi connectivity index (χ2n) is 2.97. The van der Waals surface area contributed by atoms with E-state index in [1.165, 1.54) is 0 Å². The molecule has 0 bridgehead atoms. The van der Waals surface area contributed by atoms with Crippen LogP contribution in [0.2, 0.25) is 0 Å². The summed E-state index contributed by atoms with van der Waals surface area (Å²) in [5.74, 6) is 0.112. The van der Waals surface area contributed by atoms with E-state index in [1.54, 1.807) is 6.92 Å². The molecule has 1 N–H and O–H groups in total. The molecule has 0 aromatic heterocycles. The van der Waals surface area contributed by atoms with Crippen LogP contribution >= 0.6 is 0 Å². The van der Waals surface area contributed by atoms with E-state index < -0.39 is 0 Å².